The molecule has 140 valence electrons. The Kier molecular flexibility index (Phi) is 5.45. The summed E-state index contributed by atoms with van der Waals surface area (Å²) in [6.45, 7) is 2.23. The number of halogens is 1. The number of carbonyl (C=O) groups excluding carboxylic acids is 1. The van der Waals surface area contributed by atoms with Crippen molar-refractivity contribution in [2.45, 2.75) is 19.3 Å². The van der Waals surface area contributed by atoms with Crippen LogP contribution in [0.4, 0.5) is 9.52 Å². The van der Waals surface area contributed by atoms with Gasteiger partial charge in [-0.05, 0) is 68.1 Å². The molecule has 2 heterocycles. The minimum Gasteiger partial charge on any atom is -0.301 e. The third-order valence-corrected chi connectivity index (χ3v) is 6.00. The number of hydrogen-bond donors (Lipinski definition) is 1. The van der Waals surface area contributed by atoms with Crippen molar-refractivity contribution in [2.24, 2.45) is 5.92 Å². The Morgan fingerprint density at radius 3 is 2.63 bits per heavy atom. The van der Waals surface area contributed by atoms with Gasteiger partial charge in [-0.2, -0.15) is 0 Å². The Labute approximate surface area is 162 Å². The number of rotatable bonds is 5. The molecule has 1 N–H and O–H groups in total. The molecule has 1 aromatic heterocycles. The largest absolute Gasteiger partial charge is 0.301 e. The molecule has 27 heavy (non-hydrogen) atoms. The van der Waals surface area contributed by atoms with Crippen LogP contribution >= 0.6 is 11.3 Å². The van der Waals surface area contributed by atoms with Gasteiger partial charge in [0, 0.05) is 0 Å². The zero-order chi connectivity index (χ0) is 18.6. The summed E-state index contributed by atoms with van der Waals surface area (Å²) in [5.74, 6) is 0.401. The van der Waals surface area contributed by atoms with E-state index in [1.807, 2.05) is 36.4 Å². The first kappa shape index (κ1) is 18.1. The first-order chi connectivity index (χ1) is 13.2. The second kappa shape index (κ2) is 8.15. The molecule has 0 atom stereocenters. The first-order valence-corrected chi connectivity index (χ1v) is 10.1. The SMILES string of the molecule is O=C(CN1CCC(Cc2ccc(F)cc2)CC1)Nc1nc2ccccc2s1. The Bertz CT molecular complexity index is 884. The Hall–Kier alpha value is -2.31. The minimum absolute atomic E-state index is 0.00830. The summed E-state index contributed by atoms with van der Waals surface area (Å²) < 4.78 is 14.1. The predicted octanol–water partition coefficient (Wildman–Crippen LogP) is 4.33. The third kappa shape index (κ3) is 4.70. The number of carbonyl (C=O) groups is 1. The molecule has 0 aliphatic carbocycles. The fourth-order valence-electron chi connectivity index (χ4n) is 3.59. The number of thiazole rings is 1. The summed E-state index contributed by atoms with van der Waals surface area (Å²) in [5.41, 5.74) is 2.10. The number of amides is 1. The van der Waals surface area contributed by atoms with Gasteiger partial charge in [0.1, 0.15) is 5.82 Å². The smallest absolute Gasteiger partial charge is 0.240 e. The van der Waals surface area contributed by atoms with E-state index in [1.54, 1.807) is 0 Å². The van der Waals surface area contributed by atoms with Crippen molar-refractivity contribution in [1.29, 1.82) is 0 Å². The summed E-state index contributed by atoms with van der Waals surface area (Å²) in [6, 6.07) is 14.7. The number of hydrogen-bond acceptors (Lipinski definition) is 4. The molecule has 1 saturated heterocycles. The number of anilines is 1. The molecule has 4 nitrogen and oxygen atoms in total. The molecule has 0 radical (unpaired) electrons. The lowest BCUT2D eigenvalue weighted by molar-refractivity contribution is -0.117. The predicted molar refractivity (Wildman–Crippen MR) is 108 cm³/mol. The Morgan fingerprint density at radius 2 is 1.89 bits per heavy atom. The normalized spacial score (nSPS) is 15.9. The van der Waals surface area contributed by atoms with Crippen LogP contribution in [0.1, 0.15) is 18.4 Å². The van der Waals surface area contributed by atoms with Crippen molar-refractivity contribution in [3.8, 4) is 0 Å². The second-order valence-electron chi connectivity index (χ2n) is 7.09. The van der Waals surface area contributed by atoms with E-state index in [4.69, 9.17) is 0 Å². The molecule has 0 bridgehead atoms. The molecular formula is C21H22FN3OS. The van der Waals surface area contributed by atoms with Gasteiger partial charge in [-0.3, -0.25) is 9.69 Å². The highest BCUT2D eigenvalue weighted by molar-refractivity contribution is 7.22. The van der Waals surface area contributed by atoms with E-state index in [-0.39, 0.29) is 11.7 Å². The van der Waals surface area contributed by atoms with Gasteiger partial charge in [0.05, 0.1) is 16.8 Å². The molecule has 1 fully saturated rings. The number of nitrogens with one attached hydrogen (secondary N) is 1. The van der Waals surface area contributed by atoms with Crippen LogP contribution in [0.3, 0.4) is 0 Å². The maximum atomic E-state index is 13.0. The van der Waals surface area contributed by atoms with E-state index in [0.717, 1.165) is 42.6 Å². The standard InChI is InChI=1S/C21H22FN3OS/c22-17-7-5-15(6-8-17)13-16-9-11-25(12-10-16)14-20(26)24-21-23-18-3-1-2-4-19(18)27-21/h1-8,16H,9-14H2,(H,23,24,26). The lowest BCUT2D eigenvalue weighted by Gasteiger charge is -2.31. The van der Waals surface area contributed by atoms with E-state index < -0.39 is 0 Å². The van der Waals surface area contributed by atoms with Crippen molar-refractivity contribution in [1.82, 2.24) is 9.88 Å². The van der Waals surface area contributed by atoms with E-state index in [9.17, 15) is 9.18 Å². The van der Waals surface area contributed by atoms with Crippen molar-refractivity contribution in [3.05, 3.63) is 59.9 Å². The Balaban J connectivity index is 1.24. The molecule has 1 amide bonds. The lowest BCUT2D eigenvalue weighted by atomic mass is 9.90. The third-order valence-electron chi connectivity index (χ3n) is 5.05. The van der Waals surface area contributed by atoms with Crippen LogP contribution in [0.25, 0.3) is 10.2 Å². The molecule has 4 rings (SSSR count). The average Bonchev–Trinajstić information content (AvgIpc) is 3.07. The van der Waals surface area contributed by atoms with Crippen LogP contribution in [0.15, 0.2) is 48.5 Å². The summed E-state index contributed by atoms with van der Waals surface area (Å²) in [4.78, 5) is 19.0. The van der Waals surface area contributed by atoms with Gasteiger partial charge in [0.15, 0.2) is 5.13 Å². The van der Waals surface area contributed by atoms with Crippen molar-refractivity contribution >= 4 is 32.6 Å². The molecule has 3 aromatic rings. The van der Waals surface area contributed by atoms with Crippen molar-refractivity contribution in [2.75, 3.05) is 25.0 Å². The number of likely N-dealkylation sites (tertiary alicyclic amines) is 1. The van der Waals surface area contributed by atoms with Gasteiger partial charge in [-0.1, -0.05) is 35.6 Å². The highest BCUT2D eigenvalue weighted by atomic mass is 32.1. The quantitative estimate of drug-likeness (QED) is 0.713. The lowest BCUT2D eigenvalue weighted by Crippen LogP contribution is -2.39. The summed E-state index contributed by atoms with van der Waals surface area (Å²) in [7, 11) is 0. The molecular weight excluding hydrogens is 361 g/mol. The number of fused-ring (bicyclic) bond motifs is 1. The fourth-order valence-corrected chi connectivity index (χ4v) is 4.47. The van der Waals surface area contributed by atoms with Crippen molar-refractivity contribution in [3.63, 3.8) is 0 Å². The monoisotopic (exact) mass is 383 g/mol. The summed E-state index contributed by atoms with van der Waals surface area (Å²) >= 11 is 1.50. The number of aromatic nitrogens is 1. The molecule has 0 spiro atoms. The minimum atomic E-state index is -0.187. The van der Waals surface area contributed by atoms with Gasteiger partial charge >= 0.3 is 0 Å². The van der Waals surface area contributed by atoms with Gasteiger partial charge in [-0.15, -0.1) is 0 Å². The van der Waals surface area contributed by atoms with Crippen LogP contribution in [-0.4, -0.2) is 35.4 Å². The first-order valence-electron chi connectivity index (χ1n) is 9.28. The van der Waals surface area contributed by atoms with Gasteiger partial charge < -0.3 is 5.32 Å². The fraction of sp³-hybridized carbons (Fsp3) is 0.333. The molecule has 0 saturated carbocycles. The summed E-state index contributed by atoms with van der Waals surface area (Å²) in [6.07, 6.45) is 3.10. The van der Waals surface area contributed by atoms with Gasteiger partial charge in [0.2, 0.25) is 5.91 Å². The second-order valence-corrected chi connectivity index (χ2v) is 8.12. The van der Waals surface area contributed by atoms with E-state index in [2.05, 4.69) is 15.2 Å². The summed E-state index contributed by atoms with van der Waals surface area (Å²) in [5, 5.41) is 3.59. The van der Waals surface area contributed by atoms with E-state index >= 15 is 0 Å². The van der Waals surface area contributed by atoms with E-state index in [1.165, 1.54) is 29.0 Å². The number of para-hydroxylation sites is 1. The Morgan fingerprint density at radius 1 is 1.15 bits per heavy atom. The number of piperidine rings is 1. The topological polar surface area (TPSA) is 45.2 Å². The highest BCUT2D eigenvalue weighted by Gasteiger charge is 2.21. The van der Waals surface area contributed by atoms with Gasteiger partial charge in [0.25, 0.3) is 0 Å². The van der Waals surface area contributed by atoms with Crippen LogP contribution in [0, 0.1) is 11.7 Å². The van der Waals surface area contributed by atoms with Gasteiger partial charge in [-0.25, -0.2) is 9.37 Å². The maximum absolute atomic E-state index is 13.0. The van der Waals surface area contributed by atoms with Crippen LogP contribution in [0.5, 0.6) is 0 Å². The van der Waals surface area contributed by atoms with Crippen molar-refractivity contribution < 1.29 is 9.18 Å². The zero-order valence-electron chi connectivity index (χ0n) is 15.0. The molecule has 2 aromatic carbocycles. The molecule has 1 aliphatic rings. The molecule has 0 unspecified atom stereocenters. The maximum Gasteiger partial charge on any atom is 0.240 e. The number of benzene rings is 2. The molecule has 1 aliphatic heterocycles. The van der Waals surface area contributed by atoms with Crippen LogP contribution in [0.2, 0.25) is 0 Å². The zero-order valence-corrected chi connectivity index (χ0v) is 15.8. The molecule has 6 heteroatoms. The van der Waals surface area contributed by atoms with E-state index in [0.29, 0.717) is 17.6 Å². The number of nitrogens with zero attached hydrogens (tertiary/aromatic N) is 2. The average molecular weight is 383 g/mol. The van der Waals surface area contributed by atoms with Crippen LogP contribution < -0.4 is 5.32 Å². The van der Waals surface area contributed by atoms with Crippen LogP contribution in [-0.2, 0) is 11.2 Å². The highest BCUT2D eigenvalue weighted by Crippen LogP contribution is 2.26.